The molecular formula is C28H43NO10. The highest BCUT2D eigenvalue weighted by Crippen LogP contribution is 2.31. The molecule has 0 fully saturated rings. The maximum Gasteiger partial charge on any atom is 0.513 e. The Labute approximate surface area is 230 Å². The van der Waals surface area contributed by atoms with Gasteiger partial charge in [0, 0.05) is 12.8 Å². The van der Waals surface area contributed by atoms with Gasteiger partial charge < -0.3 is 34.2 Å². The normalized spacial score (nSPS) is 12.3. The van der Waals surface area contributed by atoms with Crippen molar-refractivity contribution in [3.05, 3.63) is 23.8 Å². The van der Waals surface area contributed by atoms with E-state index in [9.17, 15) is 19.2 Å². The summed E-state index contributed by atoms with van der Waals surface area (Å²) >= 11 is 0. The molecule has 0 unspecified atom stereocenters. The first-order valence-corrected chi connectivity index (χ1v) is 13.4. The third kappa shape index (κ3) is 12.8. The van der Waals surface area contributed by atoms with E-state index in [1.807, 2.05) is 13.8 Å². The third-order valence-electron chi connectivity index (χ3n) is 5.71. The summed E-state index contributed by atoms with van der Waals surface area (Å²) in [5.74, 6) is -1.65. The average molecular weight is 554 g/mol. The lowest BCUT2D eigenvalue weighted by Crippen LogP contribution is -2.51. The third-order valence-corrected chi connectivity index (χ3v) is 5.71. The topological polar surface area (TPSA) is 150 Å². The van der Waals surface area contributed by atoms with Crippen molar-refractivity contribution in [2.24, 2.45) is 11.7 Å². The predicted molar refractivity (Wildman–Crippen MR) is 142 cm³/mol. The summed E-state index contributed by atoms with van der Waals surface area (Å²) in [7, 11) is 1.20. The van der Waals surface area contributed by atoms with Gasteiger partial charge in [-0.3, -0.25) is 9.59 Å². The first-order valence-electron chi connectivity index (χ1n) is 13.4. The fraction of sp³-hybridized carbons (Fsp3) is 0.643. The molecule has 39 heavy (non-hydrogen) atoms. The van der Waals surface area contributed by atoms with Gasteiger partial charge in [0.1, 0.15) is 5.54 Å². The van der Waals surface area contributed by atoms with Crippen molar-refractivity contribution in [2.75, 3.05) is 26.9 Å². The van der Waals surface area contributed by atoms with Gasteiger partial charge in [0.2, 0.25) is 0 Å². The molecule has 0 saturated carbocycles. The molecule has 0 aliphatic heterocycles. The molecule has 0 heterocycles. The largest absolute Gasteiger partial charge is 0.513 e. The van der Waals surface area contributed by atoms with Crippen LogP contribution in [0.3, 0.4) is 0 Å². The van der Waals surface area contributed by atoms with E-state index in [0.717, 1.165) is 25.7 Å². The maximum absolute atomic E-state index is 12.6. The molecule has 220 valence electrons. The number of ether oxygens (including phenoxy) is 6. The minimum absolute atomic E-state index is 0.0177. The lowest BCUT2D eigenvalue weighted by atomic mass is 9.88. The number of hydrogen-bond acceptors (Lipinski definition) is 11. The molecule has 0 aliphatic rings. The van der Waals surface area contributed by atoms with Crippen LogP contribution in [-0.2, 0) is 35.0 Å². The fourth-order valence-electron chi connectivity index (χ4n) is 3.41. The lowest BCUT2D eigenvalue weighted by molar-refractivity contribution is -0.152. The molecular weight excluding hydrogens is 510 g/mol. The van der Waals surface area contributed by atoms with Gasteiger partial charge in [0.25, 0.3) is 0 Å². The van der Waals surface area contributed by atoms with E-state index in [1.165, 1.54) is 19.2 Å². The van der Waals surface area contributed by atoms with Crippen molar-refractivity contribution in [3.8, 4) is 11.5 Å². The quantitative estimate of drug-likeness (QED) is 0.119. The van der Waals surface area contributed by atoms with Gasteiger partial charge in [-0.2, -0.15) is 0 Å². The predicted octanol–water partition coefficient (Wildman–Crippen LogP) is 5.10. The van der Waals surface area contributed by atoms with E-state index < -0.39 is 29.8 Å². The number of esters is 2. The van der Waals surface area contributed by atoms with Crippen LogP contribution in [0.2, 0.25) is 0 Å². The molecule has 0 spiro atoms. The van der Waals surface area contributed by atoms with E-state index >= 15 is 0 Å². The molecule has 0 amide bonds. The number of nitrogens with two attached hydrogens (primary N) is 1. The molecule has 1 rings (SSSR count). The van der Waals surface area contributed by atoms with Crippen molar-refractivity contribution in [1.29, 1.82) is 0 Å². The van der Waals surface area contributed by atoms with Crippen LogP contribution in [0.5, 0.6) is 11.5 Å². The van der Waals surface area contributed by atoms with Gasteiger partial charge in [0.05, 0.1) is 32.8 Å². The summed E-state index contributed by atoms with van der Waals surface area (Å²) in [4.78, 5) is 48.9. The van der Waals surface area contributed by atoms with Crippen molar-refractivity contribution >= 4 is 24.2 Å². The summed E-state index contributed by atoms with van der Waals surface area (Å²) in [6, 6.07) is 4.38. The van der Waals surface area contributed by atoms with E-state index in [2.05, 4.69) is 0 Å². The SMILES string of the molecule is CCCCCOC(=O)Oc1ccc(C[C@](N)(CCOC(=O)C(C)C)C(=O)OC)cc1OC(=O)OCCCCC. The first-order chi connectivity index (χ1) is 18.6. The Bertz CT molecular complexity index is 933. The second-order valence-corrected chi connectivity index (χ2v) is 9.49. The van der Waals surface area contributed by atoms with Crippen LogP contribution in [-0.4, -0.2) is 56.7 Å². The van der Waals surface area contributed by atoms with Gasteiger partial charge >= 0.3 is 24.2 Å². The van der Waals surface area contributed by atoms with E-state index in [1.54, 1.807) is 19.9 Å². The van der Waals surface area contributed by atoms with Crippen molar-refractivity contribution < 1.29 is 47.6 Å². The van der Waals surface area contributed by atoms with Gasteiger partial charge in [-0.25, -0.2) is 9.59 Å². The van der Waals surface area contributed by atoms with Crippen molar-refractivity contribution in [1.82, 2.24) is 0 Å². The Hall–Kier alpha value is -3.34. The molecule has 0 saturated heterocycles. The minimum atomic E-state index is -1.55. The number of carbonyl (C=O) groups excluding carboxylic acids is 4. The zero-order valence-corrected chi connectivity index (χ0v) is 23.7. The van der Waals surface area contributed by atoms with Crippen LogP contribution in [0.1, 0.15) is 78.2 Å². The zero-order valence-electron chi connectivity index (χ0n) is 23.7. The van der Waals surface area contributed by atoms with Gasteiger partial charge in [-0.05, 0) is 30.5 Å². The van der Waals surface area contributed by atoms with Gasteiger partial charge in [-0.1, -0.05) is 59.4 Å². The van der Waals surface area contributed by atoms with Gasteiger partial charge in [0.15, 0.2) is 11.5 Å². The smallest absolute Gasteiger partial charge is 0.468 e. The van der Waals surface area contributed by atoms with Crippen molar-refractivity contribution in [2.45, 2.75) is 84.6 Å². The second kappa shape index (κ2) is 18.0. The van der Waals surface area contributed by atoms with E-state index in [4.69, 9.17) is 34.2 Å². The Morgan fingerprint density at radius 3 is 1.90 bits per heavy atom. The number of hydrogen-bond donors (Lipinski definition) is 1. The Morgan fingerprint density at radius 2 is 1.38 bits per heavy atom. The average Bonchev–Trinajstić information content (AvgIpc) is 2.90. The lowest BCUT2D eigenvalue weighted by Gasteiger charge is -2.27. The molecule has 11 heteroatoms. The van der Waals surface area contributed by atoms with Crippen LogP contribution < -0.4 is 15.2 Å². The Kier molecular flexibility index (Phi) is 15.6. The highest BCUT2D eigenvalue weighted by molar-refractivity contribution is 5.81. The number of benzene rings is 1. The van der Waals surface area contributed by atoms with Crippen LogP contribution in [0.15, 0.2) is 18.2 Å². The first kappa shape index (κ1) is 33.7. The van der Waals surface area contributed by atoms with E-state index in [0.29, 0.717) is 18.4 Å². The molecule has 11 nitrogen and oxygen atoms in total. The Morgan fingerprint density at radius 1 is 0.821 bits per heavy atom. The number of unbranched alkanes of at least 4 members (excludes halogenated alkanes) is 4. The van der Waals surface area contributed by atoms with Gasteiger partial charge in [-0.15, -0.1) is 0 Å². The van der Waals surface area contributed by atoms with Crippen LogP contribution in [0.25, 0.3) is 0 Å². The summed E-state index contributed by atoms with van der Waals surface area (Å²) in [6.07, 6.45) is 3.08. The van der Waals surface area contributed by atoms with Crippen molar-refractivity contribution in [3.63, 3.8) is 0 Å². The number of carbonyl (C=O) groups is 4. The number of rotatable bonds is 17. The summed E-state index contributed by atoms with van der Waals surface area (Å²) < 4.78 is 30.9. The second-order valence-electron chi connectivity index (χ2n) is 9.49. The molecule has 0 aliphatic carbocycles. The standard InChI is InChI=1S/C28H43NO10/c1-6-8-10-15-36-26(32)38-22-13-12-21(18-23(22)39-27(33)37-16-11-9-7-2)19-28(29,25(31)34-5)14-17-35-24(30)20(3)4/h12-13,18,20H,6-11,14-17,19,29H2,1-5H3/t28-/m1/s1. The van der Waals surface area contributed by atoms with Crippen LogP contribution in [0.4, 0.5) is 9.59 Å². The maximum atomic E-state index is 12.6. The molecule has 1 aromatic rings. The summed E-state index contributed by atoms with van der Waals surface area (Å²) in [5.41, 5.74) is 5.30. The van der Waals surface area contributed by atoms with E-state index in [-0.39, 0.29) is 50.1 Å². The van der Waals surface area contributed by atoms with Crippen LogP contribution >= 0.6 is 0 Å². The highest BCUT2D eigenvalue weighted by atomic mass is 16.7. The monoisotopic (exact) mass is 553 g/mol. The minimum Gasteiger partial charge on any atom is -0.468 e. The molecule has 0 bridgehead atoms. The molecule has 1 atom stereocenters. The Balaban J connectivity index is 3.10. The summed E-state index contributed by atoms with van der Waals surface area (Å²) in [6.45, 7) is 7.70. The fourth-order valence-corrected chi connectivity index (χ4v) is 3.41. The number of methoxy groups -OCH3 is 1. The zero-order chi connectivity index (χ0) is 29.3. The van der Waals surface area contributed by atoms with Crippen LogP contribution in [0, 0.1) is 5.92 Å². The molecule has 2 N–H and O–H groups in total. The summed E-state index contributed by atoms with van der Waals surface area (Å²) in [5, 5.41) is 0. The molecule has 0 aromatic heterocycles. The molecule has 1 aromatic carbocycles. The molecule has 0 radical (unpaired) electrons. The highest BCUT2D eigenvalue weighted by Gasteiger charge is 2.36.